The zero-order valence-corrected chi connectivity index (χ0v) is 12.8. The first kappa shape index (κ1) is 15.8. The number of carboxylic acid groups (broad SMARTS) is 1. The van der Waals surface area contributed by atoms with Crippen LogP contribution in [0, 0.1) is 17.8 Å². The van der Waals surface area contributed by atoms with Gasteiger partial charge in [-0.1, -0.05) is 30.7 Å². The van der Waals surface area contributed by atoms with Gasteiger partial charge >= 0.3 is 5.97 Å². The lowest BCUT2D eigenvalue weighted by Crippen LogP contribution is -2.36. The molecule has 0 aromatic heterocycles. The zero-order valence-electron chi connectivity index (χ0n) is 12.0. The summed E-state index contributed by atoms with van der Waals surface area (Å²) < 4.78 is 0. The molecule has 1 amide bonds. The molecule has 21 heavy (non-hydrogen) atoms. The summed E-state index contributed by atoms with van der Waals surface area (Å²) >= 11 is 5.82. The highest BCUT2D eigenvalue weighted by Crippen LogP contribution is 2.36. The molecule has 2 N–H and O–H groups in total. The van der Waals surface area contributed by atoms with Gasteiger partial charge < -0.3 is 10.4 Å². The summed E-state index contributed by atoms with van der Waals surface area (Å²) in [6.45, 7) is 2.51. The number of aliphatic carboxylic acids is 1. The minimum absolute atomic E-state index is 0.138. The van der Waals surface area contributed by atoms with E-state index in [0.29, 0.717) is 30.8 Å². The van der Waals surface area contributed by atoms with Crippen molar-refractivity contribution in [3.05, 3.63) is 34.9 Å². The highest BCUT2D eigenvalue weighted by atomic mass is 35.5. The number of carboxylic acids is 1. The van der Waals surface area contributed by atoms with E-state index in [-0.39, 0.29) is 11.8 Å². The number of rotatable bonds is 5. The number of halogens is 1. The molecule has 0 bridgehead atoms. The first-order chi connectivity index (χ1) is 9.97. The van der Waals surface area contributed by atoms with E-state index in [2.05, 4.69) is 5.32 Å². The summed E-state index contributed by atoms with van der Waals surface area (Å²) in [5.41, 5.74) is 1.09. The van der Waals surface area contributed by atoms with Gasteiger partial charge in [-0.05, 0) is 42.9 Å². The maximum Gasteiger partial charge on any atom is 0.307 e. The van der Waals surface area contributed by atoms with Crippen LogP contribution in [0.25, 0.3) is 0 Å². The second-order valence-electron chi connectivity index (χ2n) is 5.80. The second-order valence-corrected chi connectivity index (χ2v) is 6.23. The second kappa shape index (κ2) is 6.94. The van der Waals surface area contributed by atoms with Crippen LogP contribution < -0.4 is 5.32 Å². The predicted octanol–water partition coefficient (Wildman–Crippen LogP) is 2.75. The zero-order chi connectivity index (χ0) is 15.4. The van der Waals surface area contributed by atoms with Crippen LogP contribution in [0.1, 0.15) is 25.3 Å². The molecule has 114 valence electrons. The van der Waals surface area contributed by atoms with Gasteiger partial charge in [-0.15, -0.1) is 0 Å². The van der Waals surface area contributed by atoms with Crippen molar-refractivity contribution in [3.8, 4) is 0 Å². The summed E-state index contributed by atoms with van der Waals surface area (Å²) in [5, 5.41) is 12.7. The normalized spacial score (nSPS) is 24.8. The fourth-order valence-electron chi connectivity index (χ4n) is 2.97. The maximum atomic E-state index is 12.2. The van der Waals surface area contributed by atoms with Crippen LogP contribution >= 0.6 is 11.6 Å². The molecule has 0 radical (unpaired) electrons. The smallest absolute Gasteiger partial charge is 0.307 e. The van der Waals surface area contributed by atoms with Crippen molar-refractivity contribution in [2.45, 2.75) is 26.2 Å². The highest BCUT2D eigenvalue weighted by molar-refractivity contribution is 6.30. The molecule has 0 aliphatic heterocycles. The molecule has 0 heterocycles. The van der Waals surface area contributed by atoms with E-state index in [1.807, 2.05) is 31.2 Å². The maximum absolute atomic E-state index is 12.2. The number of hydrogen-bond acceptors (Lipinski definition) is 2. The molecule has 1 fully saturated rings. The monoisotopic (exact) mass is 309 g/mol. The average molecular weight is 310 g/mol. The summed E-state index contributed by atoms with van der Waals surface area (Å²) in [6.07, 6.45) is 1.96. The van der Waals surface area contributed by atoms with Crippen LogP contribution in [-0.4, -0.2) is 23.5 Å². The van der Waals surface area contributed by atoms with E-state index in [1.54, 1.807) is 0 Å². The number of carbonyl (C=O) groups is 2. The van der Waals surface area contributed by atoms with Crippen molar-refractivity contribution in [1.82, 2.24) is 5.32 Å². The van der Waals surface area contributed by atoms with E-state index in [1.165, 1.54) is 0 Å². The number of benzene rings is 1. The van der Waals surface area contributed by atoms with Crippen molar-refractivity contribution in [2.24, 2.45) is 17.8 Å². The lowest BCUT2D eigenvalue weighted by atomic mass is 9.95. The molecule has 1 aromatic rings. The molecular formula is C16H20ClNO3. The van der Waals surface area contributed by atoms with Gasteiger partial charge in [-0.2, -0.15) is 0 Å². The number of hydrogen-bond donors (Lipinski definition) is 2. The first-order valence-electron chi connectivity index (χ1n) is 7.22. The Balaban J connectivity index is 1.84. The van der Waals surface area contributed by atoms with Crippen LogP contribution in [0.5, 0.6) is 0 Å². The fourth-order valence-corrected chi connectivity index (χ4v) is 3.09. The third-order valence-corrected chi connectivity index (χ3v) is 4.33. The SMILES string of the molecule is CC1CC(C(=O)O)C(C(=O)NCCc2ccc(Cl)cc2)C1. The lowest BCUT2D eigenvalue weighted by Gasteiger charge is -2.15. The summed E-state index contributed by atoms with van der Waals surface area (Å²) in [5.74, 6) is -1.66. The van der Waals surface area contributed by atoms with Crippen LogP contribution in [-0.2, 0) is 16.0 Å². The Morgan fingerprint density at radius 3 is 2.48 bits per heavy atom. The molecule has 2 rings (SSSR count). The molecule has 0 spiro atoms. The quantitative estimate of drug-likeness (QED) is 0.879. The Hall–Kier alpha value is -1.55. The molecule has 3 atom stereocenters. The molecule has 3 unspecified atom stereocenters. The topological polar surface area (TPSA) is 66.4 Å². The van der Waals surface area contributed by atoms with Crippen molar-refractivity contribution in [3.63, 3.8) is 0 Å². The van der Waals surface area contributed by atoms with Crippen LogP contribution in [0.4, 0.5) is 0 Å². The minimum Gasteiger partial charge on any atom is -0.481 e. The van der Waals surface area contributed by atoms with Crippen LogP contribution in [0.15, 0.2) is 24.3 Å². The van der Waals surface area contributed by atoms with Gasteiger partial charge in [0.1, 0.15) is 0 Å². The molecule has 1 aliphatic rings. The van der Waals surface area contributed by atoms with Gasteiger partial charge in [0.15, 0.2) is 0 Å². The molecule has 4 nitrogen and oxygen atoms in total. The van der Waals surface area contributed by atoms with E-state index in [4.69, 9.17) is 11.6 Å². The molecule has 0 saturated heterocycles. The van der Waals surface area contributed by atoms with Crippen LogP contribution in [0.3, 0.4) is 0 Å². The van der Waals surface area contributed by atoms with Gasteiger partial charge in [0.25, 0.3) is 0 Å². The molecule has 1 aliphatic carbocycles. The molecule has 1 aromatic carbocycles. The highest BCUT2D eigenvalue weighted by Gasteiger charge is 2.40. The van der Waals surface area contributed by atoms with Crippen molar-refractivity contribution < 1.29 is 14.7 Å². The van der Waals surface area contributed by atoms with Crippen LogP contribution in [0.2, 0.25) is 5.02 Å². The van der Waals surface area contributed by atoms with E-state index in [0.717, 1.165) is 5.56 Å². The predicted molar refractivity (Wildman–Crippen MR) is 81.2 cm³/mol. The molecular weight excluding hydrogens is 290 g/mol. The van der Waals surface area contributed by atoms with E-state index >= 15 is 0 Å². The van der Waals surface area contributed by atoms with Gasteiger partial charge in [0.05, 0.1) is 11.8 Å². The van der Waals surface area contributed by atoms with Gasteiger partial charge in [0, 0.05) is 11.6 Å². The number of carbonyl (C=O) groups excluding carboxylic acids is 1. The van der Waals surface area contributed by atoms with E-state index < -0.39 is 17.8 Å². The van der Waals surface area contributed by atoms with E-state index in [9.17, 15) is 14.7 Å². The Labute approximate surface area is 129 Å². The average Bonchev–Trinajstić information content (AvgIpc) is 2.83. The van der Waals surface area contributed by atoms with Gasteiger partial charge in [-0.25, -0.2) is 0 Å². The summed E-state index contributed by atoms with van der Waals surface area (Å²) in [4.78, 5) is 23.4. The largest absolute Gasteiger partial charge is 0.481 e. The standard InChI is InChI=1S/C16H20ClNO3/c1-10-8-13(14(9-10)16(20)21)15(19)18-7-6-11-2-4-12(17)5-3-11/h2-5,10,13-14H,6-9H2,1H3,(H,18,19)(H,20,21). The van der Waals surface area contributed by atoms with Gasteiger partial charge in [0.2, 0.25) is 5.91 Å². The Morgan fingerprint density at radius 1 is 1.24 bits per heavy atom. The number of amides is 1. The minimum atomic E-state index is -0.864. The molecule has 5 heteroatoms. The molecule has 1 saturated carbocycles. The van der Waals surface area contributed by atoms with Crippen molar-refractivity contribution >= 4 is 23.5 Å². The Morgan fingerprint density at radius 2 is 1.86 bits per heavy atom. The van der Waals surface area contributed by atoms with Gasteiger partial charge in [-0.3, -0.25) is 9.59 Å². The third-order valence-electron chi connectivity index (χ3n) is 4.08. The summed E-state index contributed by atoms with van der Waals surface area (Å²) in [7, 11) is 0. The van der Waals surface area contributed by atoms with Crippen molar-refractivity contribution in [2.75, 3.05) is 6.54 Å². The lowest BCUT2D eigenvalue weighted by molar-refractivity contribution is -0.146. The summed E-state index contributed by atoms with van der Waals surface area (Å²) in [6, 6.07) is 7.48. The number of nitrogens with one attached hydrogen (secondary N) is 1. The van der Waals surface area contributed by atoms with Crippen molar-refractivity contribution in [1.29, 1.82) is 0 Å². The Kier molecular flexibility index (Phi) is 5.23. The Bertz CT molecular complexity index is 515. The first-order valence-corrected chi connectivity index (χ1v) is 7.60. The third kappa shape index (κ3) is 4.21. The fraction of sp³-hybridized carbons (Fsp3) is 0.500.